The Bertz CT molecular complexity index is 1750. The zero-order valence-corrected chi connectivity index (χ0v) is 22.5. The first kappa shape index (κ1) is 29.3. The van der Waals surface area contributed by atoms with Crippen LogP contribution in [0.15, 0.2) is 48.9 Å². The van der Waals surface area contributed by atoms with Crippen molar-refractivity contribution in [3.8, 4) is 0 Å². The molecular weight excluding hydrogens is 601 g/mol. The van der Waals surface area contributed by atoms with Gasteiger partial charge in [0.2, 0.25) is 0 Å². The third-order valence-corrected chi connectivity index (χ3v) is 7.74. The molecule has 3 amide bonds. The number of nitrogens with zero attached hydrogens (tertiary/aromatic N) is 8. The van der Waals surface area contributed by atoms with E-state index >= 15 is 0 Å². The highest BCUT2D eigenvalue weighted by Gasteiger charge is 2.59. The van der Waals surface area contributed by atoms with Gasteiger partial charge in [0.15, 0.2) is 5.65 Å². The Labute approximate surface area is 243 Å². The summed E-state index contributed by atoms with van der Waals surface area (Å²) in [7, 11) is 0. The molecule has 10 nitrogen and oxygen atoms in total. The molecule has 0 N–H and O–H groups in total. The number of hydrogen-bond acceptors (Lipinski definition) is 7. The molecule has 0 bridgehead atoms. The molecule has 0 radical (unpaired) electrons. The number of anilines is 2. The molecule has 6 rings (SSSR count). The molecule has 0 saturated carbocycles. The molecule has 0 aliphatic carbocycles. The van der Waals surface area contributed by atoms with E-state index in [-0.39, 0.29) is 48.5 Å². The van der Waals surface area contributed by atoms with Crippen molar-refractivity contribution in [1.82, 2.24) is 29.6 Å². The normalized spacial score (nSPS) is 17.1. The predicted octanol–water partition coefficient (Wildman–Crippen LogP) is 4.79. The molecule has 0 unspecified atom stereocenters. The number of halogens is 7. The van der Waals surface area contributed by atoms with Crippen LogP contribution in [0.25, 0.3) is 11.2 Å². The van der Waals surface area contributed by atoms with Gasteiger partial charge in [-0.05, 0) is 43.2 Å². The molecule has 230 valence electrons. The molecule has 2 aliphatic heterocycles. The zero-order valence-electron chi connectivity index (χ0n) is 22.5. The van der Waals surface area contributed by atoms with Gasteiger partial charge in [-0.25, -0.2) is 46.9 Å². The number of amides is 3. The molecular formula is C27H21F7N8O2. The highest BCUT2D eigenvalue weighted by molar-refractivity contribution is 6.23. The number of carbonyl (C=O) groups is 2. The lowest BCUT2D eigenvalue weighted by molar-refractivity contribution is -0.137. The molecule has 44 heavy (non-hydrogen) atoms. The third kappa shape index (κ3) is 5.05. The van der Waals surface area contributed by atoms with Crippen LogP contribution in [-0.4, -0.2) is 66.6 Å². The van der Waals surface area contributed by atoms with E-state index in [1.54, 1.807) is 4.90 Å². The smallest absolute Gasteiger partial charge is 0.355 e. The lowest BCUT2D eigenvalue weighted by atomic mass is 9.85. The number of rotatable bonds is 6. The average Bonchev–Trinajstić information content (AvgIpc) is 3.46. The first-order chi connectivity index (χ1) is 20.9. The number of benzene rings is 1. The zero-order chi connectivity index (χ0) is 31.4. The van der Waals surface area contributed by atoms with Crippen molar-refractivity contribution in [2.24, 2.45) is 0 Å². The average molecular weight is 623 g/mol. The van der Waals surface area contributed by atoms with Gasteiger partial charge in [0.1, 0.15) is 40.9 Å². The summed E-state index contributed by atoms with van der Waals surface area (Å²) >= 11 is 0. The molecule has 4 aromatic rings. The summed E-state index contributed by atoms with van der Waals surface area (Å²) in [6, 6.07) is 2.83. The third-order valence-electron chi connectivity index (χ3n) is 7.74. The summed E-state index contributed by atoms with van der Waals surface area (Å²) in [5.74, 6) is -2.80. The summed E-state index contributed by atoms with van der Waals surface area (Å²) in [4.78, 5) is 43.4. The van der Waals surface area contributed by atoms with Crippen LogP contribution in [0.3, 0.4) is 0 Å². The van der Waals surface area contributed by atoms with Crippen molar-refractivity contribution < 1.29 is 40.3 Å². The summed E-state index contributed by atoms with van der Waals surface area (Å²) in [5, 5.41) is 3.88. The van der Waals surface area contributed by atoms with Crippen LogP contribution in [0.2, 0.25) is 0 Å². The lowest BCUT2D eigenvalue weighted by Crippen LogP contribution is -2.56. The van der Waals surface area contributed by atoms with Crippen molar-refractivity contribution in [2.75, 3.05) is 22.9 Å². The second-order valence-corrected chi connectivity index (χ2v) is 10.3. The molecule has 2 aliphatic rings. The number of alkyl halides is 5. The second kappa shape index (κ2) is 10.7. The van der Waals surface area contributed by atoms with Crippen LogP contribution in [0, 0.1) is 11.6 Å². The monoisotopic (exact) mass is 622 g/mol. The lowest BCUT2D eigenvalue weighted by Gasteiger charge is -2.42. The standard InChI is InChI=1S/C27H21F7N8O2/c28-17-1-2-18(29)15(9-17)13-40-25(44)42(21-10-16(3-6-35-21)27(32,33)34)24(43)26(40)4-7-39(8-5-26)22-12-36-19-11-37-41(14-20(30)31)23(19)38-22/h1-3,6,9-12,20H,4-5,7-8,13-14H2. The van der Waals surface area contributed by atoms with E-state index < -0.39 is 66.2 Å². The highest BCUT2D eigenvalue weighted by atomic mass is 19.4. The van der Waals surface area contributed by atoms with Gasteiger partial charge in [-0.15, -0.1) is 0 Å². The van der Waals surface area contributed by atoms with Crippen LogP contribution in [0.4, 0.5) is 47.2 Å². The van der Waals surface area contributed by atoms with E-state index in [1.807, 2.05) is 0 Å². The predicted molar refractivity (Wildman–Crippen MR) is 140 cm³/mol. The first-order valence-corrected chi connectivity index (χ1v) is 13.2. The maximum absolute atomic E-state index is 14.7. The van der Waals surface area contributed by atoms with E-state index in [0.29, 0.717) is 17.0 Å². The minimum Gasteiger partial charge on any atom is -0.355 e. The fraction of sp³-hybridized carbons (Fsp3) is 0.333. The van der Waals surface area contributed by atoms with E-state index in [2.05, 4.69) is 20.1 Å². The van der Waals surface area contributed by atoms with Crippen molar-refractivity contribution in [3.63, 3.8) is 0 Å². The molecule has 17 heteroatoms. The fourth-order valence-electron chi connectivity index (χ4n) is 5.53. The molecule has 1 spiro atoms. The van der Waals surface area contributed by atoms with Crippen LogP contribution in [0.1, 0.15) is 24.0 Å². The van der Waals surface area contributed by atoms with Crippen LogP contribution in [0.5, 0.6) is 0 Å². The summed E-state index contributed by atoms with van der Waals surface area (Å²) in [6.45, 7) is -1.13. The largest absolute Gasteiger partial charge is 0.416 e. The molecule has 2 saturated heterocycles. The van der Waals surface area contributed by atoms with Gasteiger partial charge in [-0.2, -0.15) is 18.3 Å². The van der Waals surface area contributed by atoms with E-state index in [9.17, 15) is 40.3 Å². The molecule has 2 fully saturated rings. The minimum atomic E-state index is -4.79. The SMILES string of the molecule is O=C1N(c2cc(C(F)(F)F)ccn2)C(=O)C2(CCN(c3cnc4cnn(CC(F)F)c4n3)CC2)N1Cc1cc(F)ccc1F. The maximum atomic E-state index is 14.7. The topological polar surface area (TPSA) is 100 Å². The maximum Gasteiger partial charge on any atom is 0.416 e. The van der Waals surface area contributed by atoms with Gasteiger partial charge < -0.3 is 9.80 Å². The van der Waals surface area contributed by atoms with Crippen molar-refractivity contribution in [3.05, 3.63) is 71.7 Å². The Kier molecular flexibility index (Phi) is 7.12. The van der Waals surface area contributed by atoms with Crippen LogP contribution >= 0.6 is 0 Å². The Morgan fingerprint density at radius 1 is 0.955 bits per heavy atom. The van der Waals surface area contributed by atoms with Crippen LogP contribution in [-0.2, 0) is 24.1 Å². The van der Waals surface area contributed by atoms with Gasteiger partial charge >= 0.3 is 12.2 Å². The van der Waals surface area contributed by atoms with E-state index in [0.717, 1.165) is 34.0 Å². The summed E-state index contributed by atoms with van der Waals surface area (Å²) in [6.07, 6.45) is -4.13. The van der Waals surface area contributed by atoms with Crippen molar-refractivity contribution >= 4 is 34.7 Å². The number of aromatic nitrogens is 5. The Morgan fingerprint density at radius 2 is 1.70 bits per heavy atom. The van der Waals surface area contributed by atoms with E-state index in [1.165, 1.54) is 12.4 Å². The Balaban J connectivity index is 1.34. The minimum absolute atomic E-state index is 0.0637. The number of pyridine rings is 1. The molecule has 3 aromatic heterocycles. The summed E-state index contributed by atoms with van der Waals surface area (Å²) in [5.41, 5.74) is -2.64. The number of imide groups is 1. The van der Waals surface area contributed by atoms with E-state index in [4.69, 9.17) is 0 Å². The first-order valence-electron chi connectivity index (χ1n) is 13.2. The van der Waals surface area contributed by atoms with Gasteiger partial charge in [-0.1, -0.05) is 0 Å². The number of fused-ring (bicyclic) bond motifs is 1. The number of urea groups is 1. The number of carbonyl (C=O) groups excluding carboxylic acids is 2. The van der Waals surface area contributed by atoms with Crippen LogP contribution < -0.4 is 9.80 Å². The number of piperidine rings is 1. The molecule has 0 atom stereocenters. The summed E-state index contributed by atoms with van der Waals surface area (Å²) < 4.78 is 96.1. The van der Waals surface area contributed by atoms with Crippen molar-refractivity contribution in [2.45, 2.75) is 44.1 Å². The van der Waals surface area contributed by atoms with Gasteiger partial charge in [-0.3, -0.25) is 4.79 Å². The van der Waals surface area contributed by atoms with Gasteiger partial charge in [0.25, 0.3) is 12.3 Å². The second-order valence-electron chi connectivity index (χ2n) is 10.3. The van der Waals surface area contributed by atoms with Crippen molar-refractivity contribution in [1.29, 1.82) is 0 Å². The number of hydrogen-bond donors (Lipinski definition) is 0. The quantitative estimate of drug-likeness (QED) is 0.225. The van der Waals surface area contributed by atoms with Gasteiger partial charge in [0.05, 0.1) is 24.5 Å². The highest BCUT2D eigenvalue weighted by Crippen LogP contribution is 2.42. The fourth-order valence-corrected chi connectivity index (χ4v) is 5.53. The molecule has 5 heterocycles. The Hall–Kier alpha value is -4.83. The van der Waals surface area contributed by atoms with Gasteiger partial charge in [0, 0.05) is 24.8 Å². The molecule has 1 aromatic carbocycles. The Morgan fingerprint density at radius 3 is 2.41 bits per heavy atom.